The summed E-state index contributed by atoms with van der Waals surface area (Å²) in [6, 6.07) is 11.5. The first-order valence-corrected chi connectivity index (χ1v) is 9.12. The fourth-order valence-corrected chi connectivity index (χ4v) is 3.38. The largest absolute Gasteiger partial charge is 0.380 e. The second-order valence-corrected chi connectivity index (χ2v) is 6.45. The van der Waals surface area contributed by atoms with Crippen LogP contribution in [0.4, 0.5) is 11.4 Å². The summed E-state index contributed by atoms with van der Waals surface area (Å²) in [7, 11) is 1.76. The number of aromatic nitrogens is 1. The number of amides is 1. The van der Waals surface area contributed by atoms with Crippen molar-refractivity contribution in [3.8, 4) is 0 Å². The van der Waals surface area contributed by atoms with Gasteiger partial charge in [0.2, 0.25) is 0 Å². The molecule has 2 heterocycles. The van der Waals surface area contributed by atoms with E-state index in [1.807, 2.05) is 30.5 Å². The van der Waals surface area contributed by atoms with E-state index in [-0.39, 0.29) is 5.91 Å². The number of methoxy groups -OCH3 is 1. The average Bonchev–Trinajstić information content (AvgIpc) is 3.11. The molecule has 1 fully saturated rings. The Morgan fingerprint density at radius 1 is 1.33 bits per heavy atom. The SMILES string of the molecule is COC1CCN(c2ccc(NC(=O)c3cccnc3SC)cc2)C1. The van der Waals surface area contributed by atoms with Crippen LogP contribution >= 0.6 is 11.8 Å². The average molecular weight is 343 g/mol. The normalized spacial score (nSPS) is 17.1. The highest BCUT2D eigenvalue weighted by atomic mass is 32.2. The molecule has 1 unspecified atom stereocenters. The van der Waals surface area contributed by atoms with Crippen molar-refractivity contribution in [2.75, 3.05) is 36.7 Å². The summed E-state index contributed by atoms with van der Waals surface area (Å²) in [5.41, 5.74) is 2.53. The first kappa shape index (κ1) is 16.8. The Labute approximate surface area is 146 Å². The highest BCUT2D eigenvalue weighted by molar-refractivity contribution is 7.98. The first-order chi connectivity index (χ1) is 11.7. The second-order valence-electron chi connectivity index (χ2n) is 5.65. The summed E-state index contributed by atoms with van der Waals surface area (Å²) in [5, 5.41) is 3.67. The number of nitrogens with zero attached hydrogens (tertiary/aromatic N) is 2. The minimum Gasteiger partial charge on any atom is -0.380 e. The molecule has 3 rings (SSSR count). The van der Waals surface area contributed by atoms with Gasteiger partial charge in [-0.2, -0.15) is 0 Å². The van der Waals surface area contributed by atoms with Crippen LogP contribution in [0.5, 0.6) is 0 Å². The molecule has 1 saturated heterocycles. The predicted octanol–water partition coefficient (Wildman–Crippen LogP) is 3.28. The lowest BCUT2D eigenvalue weighted by Crippen LogP contribution is -2.22. The molecule has 0 saturated carbocycles. The van der Waals surface area contributed by atoms with Crippen molar-refractivity contribution in [2.24, 2.45) is 0 Å². The van der Waals surface area contributed by atoms with Crippen LogP contribution in [0.1, 0.15) is 16.8 Å². The molecule has 0 bridgehead atoms. The van der Waals surface area contributed by atoms with Crippen molar-refractivity contribution in [3.63, 3.8) is 0 Å². The molecule has 1 atom stereocenters. The second kappa shape index (κ2) is 7.68. The Kier molecular flexibility index (Phi) is 5.37. The van der Waals surface area contributed by atoms with Crippen molar-refractivity contribution in [3.05, 3.63) is 48.2 Å². The van der Waals surface area contributed by atoms with E-state index >= 15 is 0 Å². The lowest BCUT2D eigenvalue weighted by Gasteiger charge is -2.18. The van der Waals surface area contributed by atoms with Crippen LogP contribution in [0, 0.1) is 0 Å². The number of benzene rings is 1. The Hall–Kier alpha value is -2.05. The van der Waals surface area contributed by atoms with Crippen LogP contribution in [0.2, 0.25) is 0 Å². The molecule has 0 radical (unpaired) electrons. The summed E-state index contributed by atoms with van der Waals surface area (Å²) in [6.07, 6.45) is 4.96. The minimum atomic E-state index is -0.138. The van der Waals surface area contributed by atoms with Crippen molar-refractivity contribution in [1.82, 2.24) is 4.98 Å². The van der Waals surface area contributed by atoms with Crippen molar-refractivity contribution < 1.29 is 9.53 Å². The maximum atomic E-state index is 12.4. The van der Waals surface area contributed by atoms with E-state index in [2.05, 4.69) is 15.2 Å². The van der Waals surface area contributed by atoms with Crippen LogP contribution < -0.4 is 10.2 Å². The molecule has 2 aromatic rings. The number of ether oxygens (including phenoxy) is 1. The van der Waals surface area contributed by atoms with Crippen LogP contribution in [-0.2, 0) is 4.74 Å². The summed E-state index contributed by atoms with van der Waals surface area (Å²) < 4.78 is 5.40. The predicted molar refractivity (Wildman–Crippen MR) is 98.0 cm³/mol. The monoisotopic (exact) mass is 343 g/mol. The number of hydrogen-bond acceptors (Lipinski definition) is 5. The molecule has 1 N–H and O–H groups in total. The first-order valence-electron chi connectivity index (χ1n) is 7.89. The molecule has 1 amide bonds. The van der Waals surface area contributed by atoms with E-state index in [1.54, 1.807) is 25.4 Å². The third-order valence-corrected chi connectivity index (χ3v) is 4.89. The van der Waals surface area contributed by atoms with Crippen LogP contribution in [0.25, 0.3) is 0 Å². The fourth-order valence-electron chi connectivity index (χ4n) is 2.84. The third kappa shape index (κ3) is 3.71. The van der Waals surface area contributed by atoms with Crippen molar-refractivity contribution in [1.29, 1.82) is 0 Å². The number of anilines is 2. The lowest BCUT2D eigenvalue weighted by atomic mass is 10.2. The topological polar surface area (TPSA) is 54.5 Å². The zero-order chi connectivity index (χ0) is 16.9. The van der Waals surface area contributed by atoms with Gasteiger partial charge < -0.3 is 15.0 Å². The zero-order valence-corrected chi connectivity index (χ0v) is 14.7. The minimum absolute atomic E-state index is 0.138. The molecule has 1 aromatic carbocycles. The molecule has 0 spiro atoms. The zero-order valence-electron chi connectivity index (χ0n) is 13.9. The van der Waals surface area contributed by atoms with Gasteiger partial charge in [-0.05, 0) is 49.1 Å². The van der Waals surface area contributed by atoms with Gasteiger partial charge in [0.15, 0.2) is 0 Å². The maximum Gasteiger partial charge on any atom is 0.258 e. The summed E-state index contributed by atoms with van der Waals surface area (Å²) >= 11 is 1.47. The number of rotatable bonds is 5. The quantitative estimate of drug-likeness (QED) is 0.845. The Morgan fingerprint density at radius 3 is 2.79 bits per heavy atom. The summed E-state index contributed by atoms with van der Waals surface area (Å²) in [4.78, 5) is 18.9. The summed E-state index contributed by atoms with van der Waals surface area (Å²) in [6.45, 7) is 1.91. The number of hydrogen-bond donors (Lipinski definition) is 1. The Morgan fingerprint density at radius 2 is 2.12 bits per heavy atom. The van der Waals surface area contributed by atoms with Crippen LogP contribution in [0.3, 0.4) is 0 Å². The van der Waals surface area contributed by atoms with E-state index in [9.17, 15) is 4.79 Å². The van der Waals surface area contributed by atoms with Gasteiger partial charge in [0.05, 0.1) is 11.7 Å². The van der Waals surface area contributed by atoms with E-state index < -0.39 is 0 Å². The molecule has 5 nitrogen and oxygen atoms in total. The highest BCUT2D eigenvalue weighted by Crippen LogP contribution is 2.24. The van der Waals surface area contributed by atoms with Crippen molar-refractivity contribution >= 4 is 29.0 Å². The highest BCUT2D eigenvalue weighted by Gasteiger charge is 2.22. The number of carbonyl (C=O) groups excluding carboxylic acids is 1. The molecule has 6 heteroatoms. The smallest absolute Gasteiger partial charge is 0.258 e. The standard InChI is InChI=1S/C18H21N3O2S/c1-23-15-9-11-21(12-15)14-7-5-13(6-8-14)20-17(22)16-4-3-10-19-18(16)24-2/h3-8,10,15H,9,11-12H2,1-2H3,(H,20,22). The van der Waals surface area contributed by atoms with Gasteiger partial charge in [-0.25, -0.2) is 4.98 Å². The summed E-state index contributed by atoms with van der Waals surface area (Å²) in [5.74, 6) is -0.138. The molecule has 126 valence electrons. The van der Waals surface area contributed by atoms with E-state index in [0.717, 1.165) is 35.9 Å². The third-order valence-electron chi connectivity index (χ3n) is 4.18. The molecular weight excluding hydrogens is 322 g/mol. The lowest BCUT2D eigenvalue weighted by molar-refractivity contribution is 0.102. The van der Waals surface area contributed by atoms with Gasteiger partial charge in [0.25, 0.3) is 5.91 Å². The molecule has 1 aromatic heterocycles. The Bertz CT molecular complexity index is 706. The maximum absolute atomic E-state index is 12.4. The molecule has 1 aliphatic heterocycles. The van der Waals surface area contributed by atoms with Gasteiger partial charge in [-0.3, -0.25) is 4.79 Å². The van der Waals surface area contributed by atoms with Crippen LogP contribution in [0.15, 0.2) is 47.6 Å². The van der Waals surface area contributed by atoms with E-state index in [4.69, 9.17) is 4.74 Å². The van der Waals surface area contributed by atoms with Gasteiger partial charge in [0.1, 0.15) is 5.03 Å². The Balaban J connectivity index is 1.67. The molecular formula is C18H21N3O2S. The van der Waals surface area contributed by atoms with Crippen LogP contribution in [-0.4, -0.2) is 43.5 Å². The van der Waals surface area contributed by atoms with E-state index in [0.29, 0.717) is 11.7 Å². The van der Waals surface area contributed by atoms with Gasteiger partial charge in [0, 0.05) is 37.8 Å². The van der Waals surface area contributed by atoms with Gasteiger partial charge >= 0.3 is 0 Å². The van der Waals surface area contributed by atoms with Crippen molar-refractivity contribution in [2.45, 2.75) is 17.6 Å². The van der Waals surface area contributed by atoms with Gasteiger partial charge in [-0.1, -0.05) is 0 Å². The number of thioether (sulfide) groups is 1. The molecule has 0 aliphatic carbocycles. The van der Waals surface area contributed by atoms with E-state index in [1.165, 1.54) is 11.8 Å². The number of nitrogens with one attached hydrogen (secondary N) is 1. The fraction of sp³-hybridized carbons (Fsp3) is 0.333. The number of pyridine rings is 1. The molecule has 1 aliphatic rings. The van der Waals surface area contributed by atoms with Gasteiger partial charge in [-0.15, -0.1) is 11.8 Å². The molecule has 24 heavy (non-hydrogen) atoms. The number of carbonyl (C=O) groups is 1.